The molecule has 1 aliphatic heterocycles. The van der Waals surface area contributed by atoms with Gasteiger partial charge in [-0.3, -0.25) is 9.47 Å². The van der Waals surface area contributed by atoms with Crippen LogP contribution in [0.5, 0.6) is 0 Å². The van der Waals surface area contributed by atoms with Crippen molar-refractivity contribution in [3.8, 4) is 0 Å². The second-order valence-electron chi connectivity index (χ2n) is 9.15. The molecule has 3 aromatic rings. The minimum atomic E-state index is -4.36. The van der Waals surface area contributed by atoms with Crippen LogP contribution in [-0.2, 0) is 13.2 Å². The molecule has 3 atom stereocenters. The number of fused-ring (bicyclic) bond motifs is 1. The Morgan fingerprint density at radius 2 is 1.86 bits per heavy atom. The predicted molar refractivity (Wildman–Crippen MR) is 131 cm³/mol. The standard InChI is InChI=1S/C26H28F3N5O/c1-6-21-15-33(24-22-13-20(30-4)11-12-23(22)32(5)25(35)31-24)16(2)14-34(21)17(3)18-7-9-19(10-8-18)26(27,28)29/h7-13,16-17,21H,6,14-15H2,1-3,5H3/t16-,17?,21+/m0/s1. The van der Waals surface area contributed by atoms with Gasteiger partial charge in [-0.2, -0.15) is 18.2 Å². The molecule has 0 saturated carbocycles. The van der Waals surface area contributed by atoms with E-state index in [2.05, 4.69) is 33.5 Å². The lowest BCUT2D eigenvalue weighted by Crippen LogP contribution is -2.58. The zero-order valence-electron chi connectivity index (χ0n) is 20.2. The van der Waals surface area contributed by atoms with Crippen LogP contribution in [0.3, 0.4) is 0 Å². The number of hydrogen-bond acceptors (Lipinski definition) is 4. The number of hydrogen-bond donors (Lipinski definition) is 0. The average Bonchev–Trinajstić information content (AvgIpc) is 2.85. The molecule has 1 saturated heterocycles. The highest BCUT2D eigenvalue weighted by atomic mass is 19.4. The number of nitrogens with zero attached hydrogens (tertiary/aromatic N) is 5. The minimum Gasteiger partial charge on any atom is -0.350 e. The maximum atomic E-state index is 13.0. The largest absolute Gasteiger partial charge is 0.416 e. The van der Waals surface area contributed by atoms with E-state index >= 15 is 0 Å². The number of benzene rings is 2. The smallest absolute Gasteiger partial charge is 0.350 e. The lowest BCUT2D eigenvalue weighted by atomic mass is 9.97. The second-order valence-corrected chi connectivity index (χ2v) is 9.15. The van der Waals surface area contributed by atoms with Gasteiger partial charge in [0.15, 0.2) is 5.69 Å². The van der Waals surface area contributed by atoms with Crippen LogP contribution in [-0.4, -0.2) is 39.6 Å². The fourth-order valence-electron chi connectivity index (χ4n) is 4.95. The van der Waals surface area contributed by atoms with E-state index in [0.717, 1.165) is 29.5 Å². The molecule has 0 aliphatic carbocycles. The molecule has 2 heterocycles. The molecule has 0 amide bonds. The number of aryl methyl sites for hydroxylation is 1. The first-order valence-electron chi connectivity index (χ1n) is 11.6. The highest BCUT2D eigenvalue weighted by molar-refractivity contribution is 5.92. The van der Waals surface area contributed by atoms with Gasteiger partial charge in [0.2, 0.25) is 0 Å². The number of rotatable bonds is 4. The van der Waals surface area contributed by atoms with Crippen LogP contribution >= 0.6 is 0 Å². The molecule has 1 unspecified atom stereocenters. The normalized spacial score (nSPS) is 20.1. The molecule has 0 N–H and O–H groups in total. The van der Waals surface area contributed by atoms with Crippen molar-refractivity contribution in [2.24, 2.45) is 7.05 Å². The second kappa shape index (κ2) is 9.34. The Kier molecular flexibility index (Phi) is 6.60. The zero-order chi connectivity index (χ0) is 25.5. The van der Waals surface area contributed by atoms with E-state index in [1.807, 2.05) is 6.92 Å². The lowest BCUT2D eigenvalue weighted by molar-refractivity contribution is -0.137. The van der Waals surface area contributed by atoms with E-state index in [1.54, 1.807) is 37.4 Å². The van der Waals surface area contributed by atoms with Crippen molar-refractivity contribution in [3.05, 3.63) is 75.5 Å². The third-order valence-electron chi connectivity index (χ3n) is 7.04. The van der Waals surface area contributed by atoms with Gasteiger partial charge in [-0.1, -0.05) is 25.1 Å². The van der Waals surface area contributed by atoms with Gasteiger partial charge in [0, 0.05) is 43.6 Å². The van der Waals surface area contributed by atoms with Gasteiger partial charge in [-0.05, 0) is 50.1 Å². The summed E-state index contributed by atoms with van der Waals surface area (Å²) in [5.74, 6) is 0.571. The molecular formula is C26H28F3N5O. The van der Waals surface area contributed by atoms with Gasteiger partial charge in [0.1, 0.15) is 5.82 Å². The molecule has 1 fully saturated rings. The van der Waals surface area contributed by atoms with Gasteiger partial charge in [0.05, 0.1) is 17.7 Å². The molecule has 1 aromatic heterocycles. The van der Waals surface area contributed by atoms with Crippen LogP contribution < -0.4 is 10.6 Å². The average molecular weight is 484 g/mol. The lowest BCUT2D eigenvalue weighted by Gasteiger charge is -2.48. The van der Waals surface area contributed by atoms with Crippen LogP contribution in [0.15, 0.2) is 47.3 Å². The summed E-state index contributed by atoms with van der Waals surface area (Å²) in [4.78, 5) is 25.0. The van der Waals surface area contributed by atoms with E-state index in [4.69, 9.17) is 6.57 Å². The maximum absolute atomic E-state index is 13.0. The van der Waals surface area contributed by atoms with Crippen LogP contribution in [0, 0.1) is 6.57 Å². The Hall–Kier alpha value is -3.38. The Morgan fingerprint density at radius 3 is 2.46 bits per heavy atom. The van der Waals surface area contributed by atoms with Crippen molar-refractivity contribution in [2.45, 2.75) is 51.5 Å². The minimum absolute atomic E-state index is 0.00546. The molecule has 2 aromatic carbocycles. The molecular weight excluding hydrogens is 455 g/mol. The molecule has 184 valence electrons. The molecule has 6 nitrogen and oxygen atoms in total. The van der Waals surface area contributed by atoms with Crippen molar-refractivity contribution >= 4 is 22.4 Å². The van der Waals surface area contributed by atoms with Gasteiger partial charge < -0.3 is 4.90 Å². The van der Waals surface area contributed by atoms with Crippen molar-refractivity contribution in [3.63, 3.8) is 0 Å². The Morgan fingerprint density at radius 1 is 1.17 bits per heavy atom. The first-order valence-corrected chi connectivity index (χ1v) is 11.6. The molecule has 0 spiro atoms. The molecule has 4 rings (SSSR count). The van der Waals surface area contributed by atoms with Crippen LogP contribution in [0.2, 0.25) is 0 Å². The summed E-state index contributed by atoms with van der Waals surface area (Å²) >= 11 is 0. The first kappa shape index (κ1) is 24.7. The number of piperazine rings is 1. The Bertz CT molecular complexity index is 1330. The van der Waals surface area contributed by atoms with E-state index in [0.29, 0.717) is 30.1 Å². The summed E-state index contributed by atoms with van der Waals surface area (Å²) in [6.45, 7) is 14.8. The fraction of sp³-hybridized carbons (Fsp3) is 0.423. The SMILES string of the molecule is [C-]#[N+]c1ccc2c(c1)c(N1C[C@@H](CC)N(C(C)c3ccc(C(F)(F)F)cc3)C[C@@H]1C)nc(=O)n2C. The van der Waals surface area contributed by atoms with Gasteiger partial charge in [-0.25, -0.2) is 9.64 Å². The molecule has 1 aliphatic rings. The van der Waals surface area contributed by atoms with Gasteiger partial charge in [-0.15, -0.1) is 0 Å². The third-order valence-corrected chi connectivity index (χ3v) is 7.04. The summed E-state index contributed by atoms with van der Waals surface area (Å²) in [6.07, 6.45) is -3.53. The summed E-state index contributed by atoms with van der Waals surface area (Å²) < 4.78 is 40.5. The third kappa shape index (κ3) is 4.63. The molecule has 35 heavy (non-hydrogen) atoms. The Balaban J connectivity index is 1.67. The first-order chi connectivity index (χ1) is 16.5. The summed E-state index contributed by atoms with van der Waals surface area (Å²) in [6, 6.07) is 10.7. The molecule has 0 radical (unpaired) electrons. The van der Waals surface area contributed by atoms with Crippen molar-refractivity contribution in [1.82, 2.24) is 14.5 Å². The monoisotopic (exact) mass is 483 g/mol. The topological polar surface area (TPSA) is 45.7 Å². The Labute approximate surface area is 202 Å². The highest BCUT2D eigenvalue weighted by Crippen LogP contribution is 2.35. The summed E-state index contributed by atoms with van der Waals surface area (Å²) in [7, 11) is 1.67. The van der Waals surface area contributed by atoms with E-state index in [9.17, 15) is 18.0 Å². The molecule has 9 heteroatoms. The van der Waals surface area contributed by atoms with Crippen LogP contribution in [0.4, 0.5) is 24.7 Å². The van der Waals surface area contributed by atoms with Crippen LogP contribution in [0.25, 0.3) is 15.7 Å². The quantitative estimate of drug-likeness (QED) is 0.457. The van der Waals surface area contributed by atoms with E-state index in [1.165, 1.54) is 4.57 Å². The summed E-state index contributed by atoms with van der Waals surface area (Å²) in [5, 5.41) is 0.756. The van der Waals surface area contributed by atoms with E-state index in [-0.39, 0.29) is 23.8 Å². The van der Waals surface area contributed by atoms with E-state index < -0.39 is 11.7 Å². The highest BCUT2D eigenvalue weighted by Gasteiger charge is 2.36. The maximum Gasteiger partial charge on any atom is 0.416 e. The van der Waals surface area contributed by atoms with Crippen molar-refractivity contribution < 1.29 is 13.2 Å². The van der Waals surface area contributed by atoms with Gasteiger partial charge >= 0.3 is 11.9 Å². The fourth-order valence-corrected chi connectivity index (χ4v) is 4.95. The number of anilines is 1. The van der Waals surface area contributed by atoms with Crippen molar-refractivity contribution in [2.75, 3.05) is 18.0 Å². The molecule has 0 bridgehead atoms. The number of halogens is 3. The number of alkyl halides is 3. The van der Waals surface area contributed by atoms with Crippen LogP contribution in [0.1, 0.15) is 44.4 Å². The summed E-state index contributed by atoms with van der Waals surface area (Å²) in [5.41, 5.74) is 1.02. The number of aromatic nitrogens is 2. The van der Waals surface area contributed by atoms with Gasteiger partial charge in [0.25, 0.3) is 0 Å². The predicted octanol–water partition coefficient (Wildman–Crippen LogP) is 5.55. The zero-order valence-corrected chi connectivity index (χ0v) is 20.2. The van der Waals surface area contributed by atoms with Crippen molar-refractivity contribution in [1.29, 1.82) is 0 Å².